The molecule has 4 nitrogen and oxygen atoms in total. The Labute approximate surface area is 259 Å². The summed E-state index contributed by atoms with van der Waals surface area (Å²) in [5.74, 6) is -0.755. The zero-order chi connectivity index (χ0) is 30.4. The molecule has 0 aromatic heterocycles. The summed E-state index contributed by atoms with van der Waals surface area (Å²) in [6.45, 7) is 2.74. The maximum absolute atomic E-state index is 11.8. The molecule has 0 unspecified atom stereocenters. The van der Waals surface area contributed by atoms with Gasteiger partial charge in [0.2, 0.25) is 0 Å². The first-order chi connectivity index (χ1) is 20.6. The molecule has 0 aliphatic heterocycles. The predicted octanol–water partition coefficient (Wildman–Crippen LogP) is 12.2. The summed E-state index contributed by atoms with van der Waals surface area (Å²) in [5.41, 5.74) is 0.637. The van der Waals surface area contributed by atoms with Crippen molar-refractivity contribution in [3.63, 3.8) is 0 Å². The SMILES string of the molecule is CCCCCCCCCCCCCCCCCCCCCCCCCCCCCOC(=O)C=Cc1ccc(O)c(O)c1. The fraction of sp³-hybridized carbons (Fsp3) is 0.763. The number of esters is 1. The van der Waals surface area contributed by atoms with Crippen LogP contribution >= 0.6 is 0 Å². The molecule has 2 N–H and O–H groups in total. The number of carbonyl (C=O) groups excluding carboxylic acids is 1. The molecule has 242 valence electrons. The van der Waals surface area contributed by atoms with Crippen LogP contribution in [-0.4, -0.2) is 22.8 Å². The monoisotopic (exact) mass is 586 g/mol. The Morgan fingerprint density at radius 2 is 0.905 bits per heavy atom. The molecule has 42 heavy (non-hydrogen) atoms. The third-order valence-corrected chi connectivity index (χ3v) is 8.40. The van der Waals surface area contributed by atoms with Crippen molar-refractivity contribution in [1.29, 1.82) is 0 Å². The first-order valence-corrected chi connectivity index (χ1v) is 18.0. The Kier molecular flexibility index (Phi) is 26.4. The van der Waals surface area contributed by atoms with Crippen molar-refractivity contribution in [2.75, 3.05) is 6.61 Å². The lowest BCUT2D eigenvalue weighted by molar-refractivity contribution is -0.137. The number of hydrogen-bond donors (Lipinski definition) is 2. The minimum Gasteiger partial charge on any atom is -0.504 e. The van der Waals surface area contributed by atoms with Crippen LogP contribution in [0.2, 0.25) is 0 Å². The lowest BCUT2D eigenvalue weighted by Crippen LogP contribution is -2.02. The second kappa shape index (κ2) is 29.1. The largest absolute Gasteiger partial charge is 0.504 e. The van der Waals surface area contributed by atoms with Crippen LogP contribution in [0.3, 0.4) is 0 Å². The van der Waals surface area contributed by atoms with Crippen LogP contribution in [0.25, 0.3) is 6.08 Å². The topological polar surface area (TPSA) is 66.8 Å². The molecule has 1 aromatic rings. The van der Waals surface area contributed by atoms with Crippen LogP contribution in [0, 0.1) is 0 Å². The molecule has 0 aliphatic carbocycles. The Bertz CT molecular complexity index is 772. The van der Waals surface area contributed by atoms with Crippen molar-refractivity contribution in [2.24, 2.45) is 0 Å². The molecule has 0 atom stereocenters. The van der Waals surface area contributed by atoms with Gasteiger partial charge in [0.1, 0.15) is 0 Å². The van der Waals surface area contributed by atoms with Gasteiger partial charge in [-0.3, -0.25) is 0 Å². The van der Waals surface area contributed by atoms with Gasteiger partial charge in [-0.1, -0.05) is 180 Å². The van der Waals surface area contributed by atoms with Crippen LogP contribution in [0.15, 0.2) is 24.3 Å². The molecule has 0 fully saturated rings. The summed E-state index contributed by atoms with van der Waals surface area (Å²) in [6.07, 6.45) is 40.3. The van der Waals surface area contributed by atoms with E-state index in [1.807, 2.05) is 0 Å². The fourth-order valence-corrected chi connectivity index (χ4v) is 5.62. The molecule has 0 radical (unpaired) electrons. The molecule has 0 aliphatic rings. The number of phenolic OH excluding ortho intramolecular Hbond substituents is 2. The molecule has 0 bridgehead atoms. The van der Waals surface area contributed by atoms with E-state index < -0.39 is 0 Å². The standard InChI is InChI=1S/C38H66O4/c1-2-3-4-5-6-7-8-9-10-11-12-13-14-15-16-17-18-19-20-21-22-23-24-25-26-27-28-33-42-38(41)32-30-35-29-31-36(39)37(40)34-35/h29-32,34,39-40H,2-28,33H2,1H3. The highest BCUT2D eigenvalue weighted by Crippen LogP contribution is 2.25. The Morgan fingerprint density at radius 1 is 0.548 bits per heavy atom. The lowest BCUT2D eigenvalue weighted by Gasteiger charge is -2.05. The molecule has 0 heterocycles. The highest BCUT2D eigenvalue weighted by atomic mass is 16.5. The van der Waals surface area contributed by atoms with Gasteiger partial charge in [0.25, 0.3) is 0 Å². The van der Waals surface area contributed by atoms with E-state index in [0.29, 0.717) is 12.2 Å². The third-order valence-electron chi connectivity index (χ3n) is 8.40. The number of rotatable bonds is 30. The molecule has 4 heteroatoms. The van der Waals surface area contributed by atoms with E-state index in [-0.39, 0.29) is 17.5 Å². The van der Waals surface area contributed by atoms with Crippen LogP contribution in [0.1, 0.15) is 186 Å². The lowest BCUT2D eigenvalue weighted by atomic mass is 10.0. The van der Waals surface area contributed by atoms with Crippen molar-refractivity contribution in [1.82, 2.24) is 0 Å². The Hall–Kier alpha value is -1.97. The molecule has 0 amide bonds. The van der Waals surface area contributed by atoms with E-state index >= 15 is 0 Å². The van der Waals surface area contributed by atoms with Crippen molar-refractivity contribution in [3.05, 3.63) is 29.8 Å². The minimum atomic E-state index is -0.377. The summed E-state index contributed by atoms with van der Waals surface area (Å²) in [6, 6.07) is 4.42. The molecular formula is C38H66O4. The summed E-state index contributed by atoms with van der Waals surface area (Å²) in [5, 5.41) is 18.8. The van der Waals surface area contributed by atoms with Crippen molar-refractivity contribution in [3.8, 4) is 11.5 Å². The zero-order valence-corrected chi connectivity index (χ0v) is 27.4. The van der Waals surface area contributed by atoms with Crippen LogP contribution < -0.4 is 0 Å². The molecule has 1 rings (SSSR count). The van der Waals surface area contributed by atoms with E-state index in [0.717, 1.165) is 12.8 Å². The van der Waals surface area contributed by atoms with Crippen molar-refractivity contribution < 1.29 is 19.7 Å². The number of carbonyl (C=O) groups is 1. The zero-order valence-electron chi connectivity index (χ0n) is 27.4. The van der Waals surface area contributed by atoms with Gasteiger partial charge in [-0.2, -0.15) is 0 Å². The second-order valence-corrected chi connectivity index (χ2v) is 12.4. The molecule has 1 aromatic carbocycles. The highest BCUT2D eigenvalue weighted by Gasteiger charge is 2.01. The predicted molar refractivity (Wildman–Crippen MR) is 180 cm³/mol. The number of phenols is 2. The summed E-state index contributed by atoms with van der Waals surface area (Å²) in [4.78, 5) is 11.8. The van der Waals surface area contributed by atoms with Crippen molar-refractivity contribution >= 4 is 12.0 Å². The van der Waals surface area contributed by atoms with E-state index in [4.69, 9.17) is 4.74 Å². The fourth-order valence-electron chi connectivity index (χ4n) is 5.62. The van der Waals surface area contributed by atoms with Gasteiger partial charge >= 0.3 is 5.97 Å². The van der Waals surface area contributed by atoms with Gasteiger partial charge in [0.05, 0.1) is 6.61 Å². The molecular weight excluding hydrogens is 520 g/mol. The highest BCUT2D eigenvalue weighted by molar-refractivity contribution is 5.87. The Morgan fingerprint density at radius 3 is 1.26 bits per heavy atom. The van der Waals surface area contributed by atoms with E-state index in [1.165, 1.54) is 179 Å². The summed E-state index contributed by atoms with van der Waals surface area (Å²) < 4.78 is 5.24. The van der Waals surface area contributed by atoms with E-state index in [2.05, 4.69) is 6.92 Å². The van der Waals surface area contributed by atoms with Crippen molar-refractivity contribution in [2.45, 2.75) is 180 Å². The van der Waals surface area contributed by atoms with Crippen LogP contribution in [0.4, 0.5) is 0 Å². The number of hydrogen-bond acceptors (Lipinski definition) is 4. The number of unbranched alkanes of at least 4 members (excludes halogenated alkanes) is 26. The molecule has 0 saturated heterocycles. The second-order valence-electron chi connectivity index (χ2n) is 12.4. The van der Waals surface area contributed by atoms with Gasteiger partial charge in [-0.15, -0.1) is 0 Å². The van der Waals surface area contributed by atoms with Gasteiger partial charge in [0.15, 0.2) is 11.5 Å². The summed E-state index contributed by atoms with van der Waals surface area (Å²) in [7, 11) is 0. The Balaban J connectivity index is 1.72. The maximum atomic E-state index is 11.8. The molecule has 0 spiro atoms. The van der Waals surface area contributed by atoms with Crippen LogP contribution in [0.5, 0.6) is 11.5 Å². The number of benzene rings is 1. The van der Waals surface area contributed by atoms with Crippen LogP contribution in [-0.2, 0) is 9.53 Å². The minimum absolute atomic E-state index is 0.175. The quantitative estimate of drug-likeness (QED) is 0.0407. The van der Waals surface area contributed by atoms with E-state index in [1.54, 1.807) is 12.1 Å². The average molecular weight is 587 g/mol. The summed E-state index contributed by atoms with van der Waals surface area (Å²) >= 11 is 0. The van der Waals surface area contributed by atoms with E-state index in [9.17, 15) is 15.0 Å². The first-order valence-electron chi connectivity index (χ1n) is 18.0. The number of aromatic hydroxyl groups is 2. The first kappa shape index (κ1) is 38.1. The van der Waals surface area contributed by atoms with Gasteiger partial charge in [0, 0.05) is 6.08 Å². The van der Waals surface area contributed by atoms with Gasteiger partial charge < -0.3 is 14.9 Å². The normalized spacial score (nSPS) is 11.5. The maximum Gasteiger partial charge on any atom is 0.330 e. The molecule has 0 saturated carbocycles. The average Bonchev–Trinajstić information content (AvgIpc) is 2.99. The number of ether oxygens (including phenoxy) is 1. The van der Waals surface area contributed by atoms with Gasteiger partial charge in [-0.25, -0.2) is 4.79 Å². The smallest absolute Gasteiger partial charge is 0.330 e. The third kappa shape index (κ3) is 24.6. The van der Waals surface area contributed by atoms with Gasteiger partial charge in [-0.05, 0) is 30.2 Å².